The van der Waals surface area contributed by atoms with Crippen LogP contribution in [0.15, 0.2) is 54.0 Å². The Morgan fingerprint density at radius 3 is 2.70 bits per heavy atom. The minimum Gasteiger partial charge on any atom is -0.494 e. The van der Waals surface area contributed by atoms with Crippen LogP contribution in [0.3, 0.4) is 0 Å². The average Bonchev–Trinajstić information content (AvgIpc) is 3.16. The van der Waals surface area contributed by atoms with Crippen molar-refractivity contribution in [1.82, 2.24) is 4.98 Å². The number of thiazole rings is 1. The zero-order valence-corrected chi connectivity index (χ0v) is 16.4. The molecular weight excluding hydrogens is 354 g/mol. The van der Waals surface area contributed by atoms with Gasteiger partial charge in [0.1, 0.15) is 22.4 Å². The molecule has 0 amide bonds. The topological polar surface area (TPSA) is 57.9 Å². The van der Waals surface area contributed by atoms with Crippen molar-refractivity contribution >= 4 is 22.6 Å². The third kappa shape index (κ3) is 4.36. The van der Waals surface area contributed by atoms with Gasteiger partial charge in [0.15, 0.2) is 0 Å². The molecule has 0 aliphatic rings. The van der Waals surface area contributed by atoms with Crippen LogP contribution in [0.4, 0.5) is 5.69 Å². The van der Waals surface area contributed by atoms with Crippen LogP contribution in [0, 0.1) is 25.2 Å². The molecule has 0 aliphatic carbocycles. The molecule has 1 aromatic heterocycles. The minimum atomic E-state index is 0.512. The molecule has 5 heteroatoms. The molecule has 4 nitrogen and oxygen atoms in total. The van der Waals surface area contributed by atoms with Crippen molar-refractivity contribution in [3.8, 4) is 23.1 Å². The lowest BCUT2D eigenvalue weighted by Crippen LogP contribution is -1.95. The fraction of sp³-hybridized carbons (Fsp3) is 0.182. The molecule has 0 saturated carbocycles. The lowest BCUT2D eigenvalue weighted by atomic mass is 10.1. The van der Waals surface area contributed by atoms with Gasteiger partial charge in [0.05, 0.1) is 12.3 Å². The Morgan fingerprint density at radius 1 is 1.22 bits per heavy atom. The Morgan fingerprint density at radius 2 is 2.00 bits per heavy atom. The fourth-order valence-electron chi connectivity index (χ4n) is 2.62. The van der Waals surface area contributed by atoms with E-state index in [2.05, 4.69) is 36.3 Å². The molecular formula is C22H21N3OS. The molecule has 2 aromatic carbocycles. The van der Waals surface area contributed by atoms with E-state index in [1.165, 1.54) is 22.5 Å². The first-order chi connectivity index (χ1) is 13.1. The average molecular weight is 375 g/mol. The quantitative estimate of drug-likeness (QED) is 0.553. The van der Waals surface area contributed by atoms with Gasteiger partial charge in [-0.3, -0.25) is 0 Å². The van der Waals surface area contributed by atoms with Gasteiger partial charge in [-0.25, -0.2) is 4.98 Å². The maximum absolute atomic E-state index is 9.55. The predicted octanol–water partition coefficient (Wildman–Crippen LogP) is 5.80. The predicted molar refractivity (Wildman–Crippen MR) is 112 cm³/mol. The number of ether oxygens (including phenoxy) is 1. The summed E-state index contributed by atoms with van der Waals surface area (Å²) in [5.74, 6) is 0.840. The highest BCUT2D eigenvalue weighted by atomic mass is 32.1. The number of hydrogen-bond donors (Lipinski definition) is 1. The summed E-state index contributed by atoms with van der Waals surface area (Å²) < 4.78 is 5.47. The van der Waals surface area contributed by atoms with Gasteiger partial charge in [-0.1, -0.05) is 12.1 Å². The Kier molecular flexibility index (Phi) is 5.90. The lowest BCUT2D eigenvalue weighted by molar-refractivity contribution is 0.340. The van der Waals surface area contributed by atoms with Gasteiger partial charge in [0, 0.05) is 22.8 Å². The smallest absolute Gasteiger partial charge is 0.136 e. The molecule has 1 N–H and O–H groups in total. The van der Waals surface area contributed by atoms with Crippen molar-refractivity contribution in [2.45, 2.75) is 20.8 Å². The second-order valence-corrected chi connectivity index (χ2v) is 6.92. The summed E-state index contributed by atoms with van der Waals surface area (Å²) in [5, 5.41) is 15.4. The monoisotopic (exact) mass is 375 g/mol. The molecule has 3 aromatic rings. The Balaban J connectivity index is 1.81. The van der Waals surface area contributed by atoms with Crippen molar-refractivity contribution in [2.75, 3.05) is 11.9 Å². The summed E-state index contributed by atoms with van der Waals surface area (Å²) >= 11 is 1.46. The maximum Gasteiger partial charge on any atom is 0.136 e. The standard InChI is InChI=1S/C22H21N3OS/c1-4-26-19-10-8-17(9-11-19)21-14-27-22(25-21)18(12-23)13-24-20-7-5-6-15(2)16(20)3/h5-11,13-14,24H,4H2,1-3H3/b18-13+. The largest absolute Gasteiger partial charge is 0.494 e. The third-order valence-corrected chi connectivity index (χ3v) is 5.17. The van der Waals surface area contributed by atoms with E-state index < -0.39 is 0 Å². The van der Waals surface area contributed by atoms with Crippen molar-refractivity contribution < 1.29 is 4.74 Å². The van der Waals surface area contributed by atoms with Crippen LogP contribution in [-0.4, -0.2) is 11.6 Å². The van der Waals surface area contributed by atoms with E-state index in [1.54, 1.807) is 6.20 Å². The van der Waals surface area contributed by atoms with Crippen LogP contribution >= 0.6 is 11.3 Å². The number of aryl methyl sites for hydroxylation is 1. The Labute approximate surface area is 163 Å². The summed E-state index contributed by atoms with van der Waals surface area (Å²) in [5.41, 5.74) is 5.73. The number of hydrogen-bond acceptors (Lipinski definition) is 5. The first-order valence-electron chi connectivity index (χ1n) is 8.74. The molecule has 0 unspecified atom stereocenters. The minimum absolute atomic E-state index is 0.512. The van der Waals surface area contributed by atoms with Crippen molar-refractivity contribution in [3.63, 3.8) is 0 Å². The number of nitrogens with zero attached hydrogens (tertiary/aromatic N) is 2. The van der Waals surface area contributed by atoms with Gasteiger partial charge in [-0.15, -0.1) is 11.3 Å². The van der Waals surface area contributed by atoms with Gasteiger partial charge in [-0.05, 0) is 62.2 Å². The van der Waals surface area contributed by atoms with Crippen molar-refractivity contribution in [1.29, 1.82) is 5.26 Å². The van der Waals surface area contributed by atoms with Crippen LogP contribution in [0.1, 0.15) is 23.1 Å². The van der Waals surface area contributed by atoms with E-state index in [-0.39, 0.29) is 0 Å². The van der Waals surface area contributed by atoms with E-state index in [0.717, 1.165) is 22.7 Å². The number of rotatable bonds is 6. The van der Waals surface area contributed by atoms with Gasteiger partial charge >= 0.3 is 0 Å². The lowest BCUT2D eigenvalue weighted by Gasteiger charge is -2.08. The highest BCUT2D eigenvalue weighted by Crippen LogP contribution is 2.28. The van der Waals surface area contributed by atoms with Crippen LogP contribution < -0.4 is 10.1 Å². The number of nitriles is 1. The van der Waals surface area contributed by atoms with Crippen molar-refractivity contribution in [3.05, 3.63) is 70.2 Å². The molecule has 27 heavy (non-hydrogen) atoms. The Bertz CT molecular complexity index is 997. The summed E-state index contributed by atoms with van der Waals surface area (Å²) in [6, 6.07) is 16.1. The first kappa shape index (κ1) is 18.7. The molecule has 0 fully saturated rings. The van der Waals surface area contributed by atoms with Crippen LogP contribution in [-0.2, 0) is 0 Å². The van der Waals surface area contributed by atoms with Crippen LogP contribution in [0.25, 0.3) is 16.8 Å². The number of allylic oxidation sites excluding steroid dienone is 1. The van der Waals surface area contributed by atoms with Gasteiger partial charge in [0.2, 0.25) is 0 Å². The number of benzene rings is 2. The van der Waals surface area contributed by atoms with Gasteiger partial charge in [-0.2, -0.15) is 5.26 Å². The summed E-state index contributed by atoms with van der Waals surface area (Å²) in [6.07, 6.45) is 1.72. The van der Waals surface area contributed by atoms with Crippen LogP contribution in [0.2, 0.25) is 0 Å². The normalized spacial score (nSPS) is 11.1. The second kappa shape index (κ2) is 8.52. The SMILES string of the molecule is CCOc1ccc(-c2csc(/C(C#N)=C/Nc3cccc(C)c3C)n2)cc1. The zero-order valence-electron chi connectivity index (χ0n) is 15.6. The van der Waals surface area contributed by atoms with E-state index in [0.29, 0.717) is 17.2 Å². The fourth-order valence-corrected chi connectivity index (χ4v) is 3.41. The highest BCUT2D eigenvalue weighted by molar-refractivity contribution is 7.11. The number of aromatic nitrogens is 1. The molecule has 1 heterocycles. The molecule has 0 bridgehead atoms. The Hall–Kier alpha value is -3.10. The summed E-state index contributed by atoms with van der Waals surface area (Å²) in [7, 11) is 0. The highest BCUT2D eigenvalue weighted by Gasteiger charge is 2.09. The van der Waals surface area contributed by atoms with Gasteiger partial charge < -0.3 is 10.1 Å². The second-order valence-electron chi connectivity index (χ2n) is 6.06. The zero-order chi connectivity index (χ0) is 19.2. The van der Waals surface area contributed by atoms with E-state index in [9.17, 15) is 5.26 Å². The third-order valence-electron chi connectivity index (χ3n) is 4.29. The maximum atomic E-state index is 9.55. The molecule has 0 atom stereocenters. The molecule has 136 valence electrons. The van der Waals surface area contributed by atoms with E-state index in [1.807, 2.05) is 48.7 Å². The summed E-state index contributed by atoms with van der Waals surface area (Å²) in [6.45, 7) is 6.73. The molecule has 0 aliphatic heterocycles. The van der Waals surface area contributed by atoms with E-state index in [4.69, 9.17) is 4.74 Å². The van der Waals surface area contributed by atoms with Crippen LogP contribution in [0.5, 0.6) is 5.75 Å². The van der Waals surface area contributed by atoms with E-state index >= 15 is 0 Å². The number of nitrogens with one attached hydrogen (secondary N) is 1. The molecule has 0 radical (unpaired) electrons. The molecule has 3 rings (SSSR count). The number of anilines is 1. The molecule has 0 spiro atoms. The molecule has 0 saturated heterocycles. The first-order valence-corrected chi connectivity index (χ1v) is 9.62. The van der Waals surface area contributed by atoms with Gasteiger partial charge in [0.25, 0.3) is 0 Å². The van der Waals surface area contributed by atoms with Crippen molar-refractivity contribution in [2.24, 2.45) is 0 Å². The summed E-state index contributed by atoms with van der Waals surface area (Å²) in [4.78, 5) is 4.63.